The number of methoxy groups -OCH3 is 1. The van der Waals surface area contributed by atoms with Gasteiger partial charge in [0.15, 0.2) is 0 Å². The average Bonchev–Trinajstić information content (AvgIpc) is 2.96. The largest absolute Gasteiger partial charge is 0.496 e. The number of ether oxygens (including phenoxy) is 1. The zero-order chi connectivity index (χ0) is 14.4. The van der Waals surface area contributed by atoms with Gasteiger partial charge in [-0.05, 0) is 30.5 Å². The highest BCUT2D eigenvalue weighted by Gasteiger charge is 2.09. The standard InChI is InChI=1S/C15H19N3O2/c1-3-12-10-13(18-17-12)15(19)16-9-8-11-6-4-5-7-14(11)20-2/h4-7,10H,3,8-9H2,1-2H3,(H,16,19)(H,17,18). The minimum atomic E-state index is -0.157. The van der Waals surface area contributed by atoms with E-state index in [4.69, 9.17) is 4.74 Å². The molecule has 0 aliphatic carbocycles. The summed E-state index contributed by atoms with van der Waals surface area (Å²) >= 11 is 0. The fourth-order valence-corrected chi connectivity index (χ4v) is 1.97. The van der Waals surface area contributed by atoms with Crippen molar-refractivity contribution in [2.45, 2.75) is 19.8 Å². The molecule has 1 aromatic heterocycles. The van der Waals surface area contributed by atoms with Crippen molar-refractivity contribution in [3.63, 3.8) is 0 Å². The smallest absolute Gasteiger partial charge is 0.271 e. The van der Waals surface area contributed by atoms with Gasteiger partial charge >= 0.3 is 0 Å². The predicted molar refractivity (Wildman–Crippen MR) is 77.0 cm³/mol. The van der Waals surface area contributed by atoms with Crippen LogP contribution in [0.25, 0.3) is 0 Å². The number of aromatic nitrogens is 2. The van der Waals surface area contributed by atoms with Gasteiger partial charge in [-0.2, -0.15) is 5.10 Å². The highest BCUT2D eigenvalue weighted by molar-refractivity contribution is 5.92. The Kier molecular flexibility index (Phi) is 4.76. The molecule has 1 heterocycles. The molecule has 0 saturated heterocycles. The maximum absolute atomic E-state index is 11.9. The molecule has 2 aromatic rings. The van der Waals surface area contributed by atoms with Crippen LogP contribution in [0.3, 0.4) is 0 Å². The van der Waals surface area contributed by atoms with E-state index < -0.39 is 0 Å². The average molecular weight is 273 g/mol. The van der Waals surface area contributed by atoms with Gasteiger partial charge in [-0.1, -0.05) is 25.1 Å². The second-order valence-electron chi connectivity index (χ2n) is 4.45. The molecule has 1 amide bonds. The Morgan fingerprint density at radius 3 is 2.90 bits per heavy atom. The van der Waals surface area contributed by atoms with Gasteiger partial charge < -0.3 is 10.1 Å². The molecule has 5 nitrogen and oxygen atoms in total. The summed E-state index contributed by atoms with van der Waals surface area (Å²) in [7, 11) is 1.65. The Bertz CT molecular complexity index is 578. The second kappa shape index (κ2) is 6.75. The highest BCUT2D eigenvalue weighted by atomic mass is 16.5. The molecule has 0 aliphatic rings. The van der Waals surface area contributed by atoms with E-state index in [0.29, 0.717) is 12.2 Å². The third kappa shape index (κ3) is 3.38. The van der Waals surface area contributed by atoms with E-state index in [0.717, 1.165) is 29.8 Å². The van der Waals surface area contributed by atoms with Crippen molar-refractivity contribution in [2.75, 3.05) is 13.7 Å². The first-order valence-electron chi connectivity index (χ1n) is 6.69. The number of carbonyl (C=O) groups is 1. The summed E-state index contributed by atoms with van der Waals surface area (Å²) in [6.45, 7) is 2.56. The third-order valence-electron chi connectivity index (χ3n) is 3.12. The second-order valence-corrected chi connectivity index (χ2v) is 4.45. The zero-order valence-electron chi connectivity index (χ0n) is 11.8. The van der Waals surface area contributed by atoms with Gasteiger partial charge in [-0.15, -0.1) is 0 Å². The summed E-state index contributed by atoms with van der Waals surface area (Å²) in [5.41, 5.74) is 2.47. The normalized spacial score (nSPS) is 10.3. The number of nitrogens with zero attached hydrogens (tertiary/aromatic N) is 1. The molecule has 0 spiro atoms. The van der Waals surface area contributed by atoms with Gasteiger partial charge in [0.2, 0.25) is 0 Å². The Hall–Kier alpha value is -2.30. The molecule has 0 saturated carbocycles. The molecule has 2 N–H and O–H groups in total. The van der Waals surface area contributed by atoms with Crippen molar-refractivity contribution in [3.8, 4) is 5.75 Å². The Morgan fingerprint density at radius 2 is 2.20 bits per heavy atom. The number of rotatable bonds is 6. The molecule has 0 aliphatic heterocycles. The SMILES string of the molecule is CCc1cc(C(=O)NCCc2ccccc2OC)n[nH]1. The lowest BCUT2D eigenvalue weighted by Gasteiger charge is -2.08. The van der Waals surface area contributed by atoms with Crippen molar-refractivity contribution < 1.29 is 9.53 Å². The highest BCUT2D eigenvalue weighted by Crippen LogP contribution is 2.17. The van der Waals surface area contributed by atoms with E-state index in [1.807, 2.05) is 31.2 Å². The van der Waals surface area contributed by atoms with Crippen molar-refractivity contribution in [1.82, 2.24) is 15.5 Å². The molecule has 0 bridgehead atoms. The quantitative estimate of drug-likeness (QED) is 0.845. The minimum Gasteiger partial charge on any atom is -0.496 e. The molecule has 5 heteroatoms. The molecule has 0 fully saturated rings. The van der Waals surface area contributed by atoms with Crippen LogP contribution in [0.15, 0.2) is 30.3 Å². The van der Waals surface area contributed by atoms with Crippen LogP contribution in [0.2, 0.25) is 0 Å². The summed E-state index contributed by atoms with van der Waals surface area (Å²) in [6, 6.07) is 9.57. The minimum absolute atomic E-state index is 0.157. The topological polar surface area (TPSA) is 67.0 Å². The van der Waals surface area contributed by atoms with Gasteiger partial charge in [0.1, 0.15) is 11.4 Å². The summed E-state index contributed by atoms with van der Waals surface area (Å²) in [4.78, 5) is 11.9. The van der Waals surface area contributed by atoms with Crippen LogP contribution in [0.4, 0.5) is 0 Å². The van der Waals surface area contributed by atoms with Gasteiger partial charge in [0.05, 0.1) is 7.11 Å². The number of aromatic amines is 1. The fourth-order valence-electron chi connectivity index (χ4n) is 1.97. The van der Waals surface area contributed by atoms with Crippen LogP contribution in [-0.2, 0) is 12.8 Å². The number of carbonyl (C=O) groups excluding carboxylic acids is 1. The van der Waals surface area contributed by atoms with Gasteiger partial charge in [-0.3, -0.25) is 9.89 Å². The molecule has 0 radical (unpaired) electrons. The number of nitrogens with one attached hydrogen (secondary N) is 2. The fraction of sp³-hybridized carbons (Fsp3) is 0.333. The van der Waals surface area contributed by atoms with Crippen LogP contribution in [-0.4, -0.2) is 29.8 Å². The number of benzene rings is 1. The molecule has 20 heavy (non-hydrogen) atoms. The maximum Gasteiger partial charge on any atom is 0.271 e. The van der Waals surface area contributed by atoms with E-state index in [1.165, 1.54) is 0 Å². The van der Waals surface area contributed by atoms with Crippen LogP contribution >= 0.6 is 0 Å². The molecule has 106 valence electrons. The number of H-pyrrole nitrogens is 1. The van der Waals surface area contributed by atoms with Crippen LogP contribution in [0, 0.1) is 0 Å². The number of hydrogen-bond acceptors (Lipinski definition) is 3. The van der Waals surface area contributed by atoms with Crippen molar-refractivity contribution in [2.24, 2.45) is 0 Å². The van der Waals surface area contributed by atoms with Crippen molar-refractivity contribution >= 4 is 5.91 Å². The van der Waals surface area contributed by atoms with Gasteiger partial charge in [0, 0.05) is 12.2 Å². The summed E-state index contributed by atoms with van der Waals surface area (Å²) < 4.78 is 5.28. The molecule has 2 rings (SSSR count). The zero-order valence-corrected chi connectivity index (χ0v) is 11.8. The van der Waals surface area contributed by atoms with E-state index in [1.54, 1.807) is 13.2 Å². The number of hydrogen-bond donors (Lipinski definition) is 2. The first-order valence-corrected chi connectivity index (χ1v) is 6.69. The first-order chi connectivity index (χ1) is 9.74. The Balaban J connectivity index is 1.87. The number of para-hydroxylation sites is 1. The Morgan fingerprint density at radius 1 is 1.40 bits per heavy atom. The summed E-state index contributed by atoms with van der Waals surface area (Å²) in [6.07, 6.45) is 1.56. The summed E-state index contributed by atoms with van der Waals surface area (Å²) in [5, 5.41) is 9.68. The number of aryl methyl sites for hydroxylation is 1. The number of amides is 1. The van der Waals surface area contributed by atoms with Gasteiger partial charge in [-0.25, -0.2) is 0 Å². The molecular formula is C15H19N3O2. The molecule has 1 aromatic carbocycles. The van der Waals surface area contributed by atoms with E-state index in [-0.39, 0.29) is 5.91 Å². The van der Waals surface area contributed by atoms with Crippen molar-refractivity contribution in [1.29, 1.82) is 0 Å². The molecule has 0 unspecified atom stereocenters. The van der Waals surface area contributed by atoms with E-state index >= 15 is 0 Å². The molecular weight excluding hydrogens is 254 g/mol. The lowest BCUT2D eigenvalue weighted by molar-refractivity contribution is 0.0949. The van der Waals surface area contributed by atoms with Crippen molar-refractivity contribution in [3.05, 3.63) is 47.3 Å². The third-order valence-corrected chi connectivity index (χ3v) is 3.12. The van der Waals surface area contributed by atoms with E-state index in [9.17, 15) is 4.79 Å². The van der Waals surface area contributed by atoms with E-state index in [2.05, 4.69) is 15.5 Å². The Labute approximate surface area is 118 Å². The van der Waals surface area contributed by atoms with Crippen LogP contribution < -0.4 is 10.1 Å². The molecule has 0 atom stereocenters. The lowest BCUT2D eigenvalue weighted by Crippen LogP contribution is -2.26. The summed E-state index contributed by atoms with van der Waals surface area (Å²) in [5.74, 6) is 0.686. The predicted octanol–water partition coefficient (Wildman–Crippen LogP) is 1.95. The first kappa shape index (κ1) is 14.1. The van der Waals surface area contributed by atoms with Gasteiger partial charge in [0.25, 0.3) is 5.91 Å². The van der Waals surface area contributed by atoms with Crippen LogP contribution in [0.1, 0.15) is 28.7 Å². The maximum atomic E-state index is 11.9. The monoisotopic (exact) mass is 273 g/mol. The lowest BCUT2D eigenvalue weighted by atomic mass is 10.1. The van der Waals surface area contributed by atoms with Crippen LogP contribution in [0.5, 0.6) is 5.75 Å².